The van der Waals surface area contributed by atoms with Gasteiger partial charge in [0.25, 0.3) is 0 Å². The van der Waals surface area contributed by atoms with Crippen molar-refractivity contribution in [1.29, 1.82) is 0 Å². The maximum atomic E-state index is 13.2. The van der Waals surface area contributed by atoms with Gasteiger partial charge in [0, 0.05) is 30.4 Å². The van der Waals surface area contributed by atoms with Gasteiger partial charge in [0.1, 0.15) is 5.82 Å². The van der Waals surface area contributed by atoms with Gasteiger partial charge >= 0.3 is 0 Å². The fourth-order valence-electron chi connectivity index (χ4n) is 4.30. The summed E-state index contributed by atoms with van der Waals surface area (Å²) < 4.78 is 13.2. The van der Waals surface area contributed by atoms with Gasteiger partial charge in [-0.1, -0.05) is 30.7 Å². The number of hydrogen-bond acceptors (Lipinski definition) is 2. The number of pyridine rings is 1. The summed E-state index contributed by atoms with van der Waals surface area (Å²) in [4.78, 5) is 19.2. The molecular formula is C22H21FN2O. The number of amides is 1. The molecule has 132 valence electrons. The number of likely N-dealkylation sites (N-methyl/N-ethyl adjacent to an activating group) is 1. The summed E-state index contributed by atoms with van der Waals surface area (Å²) in [5.74, 6) is 6.09. The molecule has 0 bridgehead atoms. The fraction of sp³-hybridized carbons (Fsp3) is 0.364. The predicted molar refractivity (Wildman–Crippen MR) is 97.9 cm³/mol. The first-order valence-corrected chi connectivity index (χ1v) is 9.14. The molecule has 2 fully saturated rings. The Labute approximate surface area is 153 Å². The predicted octanol–water partition coefficient (Wildman–Crippen LogP) is 3.73. The fourth-order valence-corrected chi connectivity index (χ4v) is 4.30. The van der Waals surface area contributed by atoms with E-state index in [9.17, 15) is 9.18 Å². The molecule has 1 saturated heterocycles. The molecule has 2 unspecified atom stereocenters. The average Bonchev–Trinajstić information content (AvgIpc) is 2.92. The summed E-state index contributed by atoms with van der Waals surface area (Å²) in [6, 6.07) is 10.4. The molecule has 0 radical (unpaired) electrons. The van der Waals surface area contributed by atoms with Crippen LogP contribution in [0.25, 0.3) is 0 Å². The van der Waals surface area contributed by atoms with E-state index in [4.69, 9.17) is 0 Å². The second-order valence-corrected chi connectivity index (χ2v) is 7.17. The monoisotopic (exact) mass is 348 g/mol. The second-order valence-electron chi connectivity index (χ2n) is 7.17. The molecule has 26 heavy (non-hydrogen) atoms. The van der Waals surface area contributed by atoms with Gasteiger partial charge < -0.3 is 4.90 Å². The molecule has 1 saturated carbocycles. The van der Waals surface area contributed by atoms with Crippen molar-refractivity contribution in [1.82, 2.24) is 9.88 Å². The number of hydrogen-bond donors (Lipinski definition) is 0. The van der Waals surface area contributed by atoms with Crippen LogP contribution in [0.3, 0.4) is 0 Å². The molecule has 0 N–H and O–H groups in total. The Morgan fingerprint density at radius 3 is 2.69 bits per heavy atom. The van der Waals surface area contributed by atoms with Crippen molar-refractivity contribution in [3.63, 3.8) is 0 Å². The lowest BCUT2D eigenvalue weighted by atomic mass is 9.78. The van der Waals surface area contributed by atoms with E-state index in [1.165, 1.54) is 25.0 Å². The summed E-state index contributed by atoms with van der Waals surface area (Å²) in [7, 11) is 1.92. The first kappa shape index (κ1) is 16.8. The minimum atomic E-state index is -0.295. The Kier molecular flexibility index (Phi) is 4.46. The number of carbonyl (C=O) groups is 1. The number of fused-ring (bicyclic) bond motifs is 1. The smallest absolute Gasteiger partial charge is 0.232 e. The van der Waals surface area contributed by atoms with Gasteiger partial charge in [-0.2, -0.15) is 0 Å². The summed E-state index contributed by atoms with van der Waals surface area (Å²) in [6.07, 6.45) is 6.30. The number of rotatable bonds is 1. The first-order valence-electron chi connectivity index (χ1n) is 9.14. The number of aromatic nitrogens is 1. The van der Waals surface area contributed by atoms with E-state index in [2.05, 4.69) is 16.8 Å². The van der Waals surface area contributed by atoms with E-state index in [1.807, 2.05) is 24.1 Å². The molecule has 1 aliphatic carbocycles. The minimum Gasteiger partial charge on any atom is -0.342 e. The van der Waals surface area contributed by atoms with Gasteiger partial charge in [-0.15, -0.1) is 0 Å². The molecule has 1 aromatic heterocycles. The van der Waals surface area contributed by atoms with Crippen LogP contribution >= 0.6 is 0 Å². The Balaban J connectivity index is 1.56. The van der Waals surface area contributed by atoms with Crippen LogP contribution in [-0.4, -0.2) is 28.9 Å². The maximum absolute atomic E-state index is 13.2. The standard InChI is InChI=1S/C22H21FN2O/c1-25-20-8-3-2-7-18(20)21(22(25)26)19-12-11-16(14-24-19)10-9-15-5-4-6-17(23)13-15/h4-6,11-14,18,20-21H,2-3,7-8H2,1H3/t18?,20-,21?/m1/s1. The third kappa shape index (κ3) is 3.10. The van der Waals surface area contributed by atoms with Crippen molar-refractivity contribution in [2.75, 3.05) is 7.05 Å². The molecule has 1 aliphatic heterocycles. The Morgan fingerprint density at radius 2 is 1.92 bits per heavy atom. The van der Waals surface area contributed by atoms with Crippen LogP contribution in [0.4, 0.5) is 4.39 Å². The number of benzene rings is 1. The highest BCUT2D eigenvalue weighted by Crippen LogP contribution is 2.44. The molecule has 0 spiro atoms. The van der Waals surface area contributed by atoms with Gasteiger partial charge in [-0.3, -0.25) is 9.78 Å². The normalized spacial score (nSPS) is 24.8. The lowest BCUT2D eigenvalue weighted by Gasteiger charge is -2.29. The molecule has 3 atom stereocenters. The Hall–Kier alpha value is -2.67. The number of carbonyl (C=O) groups excluding carboxylic acids is 1. The van der Waals surface area contributed by atoms with Crippen LogP contribution in [0.1, 0.15) is 48.4 Å². The van der Waals surface area contributed by atoms with Crippen molar-refractivity contribution in [2.24, 2.45) is 5.92 Å². The summed E-state index contributed by atoms with van der Waals surface area (Å²) in [6.45, 7) is 0. The zero-order valence-electron chi connectivity index (χ0n) is 14.8. The van der Waals surface area contributed by atoms with Crippen LogP contribution in [0.5, 0.6) is 0 Å². The van der Waals surface area contributed by atoms with Crippen molar-refractivity contribution in [2.45, 2.75) is 37.6 Å². The third-order valence-corrected chi connectivity index (χ3v) is 5.60. The lowest BCUT2D eigenvalue weighted by molar-refractivity contribution is -0.128. The van der Waals surface area contributed by atoms with E-state index < -0.39 is 0 Å². The summed E-state index contributed by atoms with van der Waals surface area (Å²) >= 11 is 0. The van der Waals surface area contributed by atoms with Gasteiger partial charge in [-0.25, -0.2) is 4.39 Å². The number of halogens is 1. The highest BCUT2D eigenvalue weighted by atomic mass is 19.1. The van der Waals surface area contributed by atoms with Gasteiger partial charge in [0.15, 0.2) is 0 Å². The van der Waals surface area contributed by atoms with Crippen LogP contribution in [0.2, 0.25) is 0 Å². The van der Waals surface area contributed by atoms with E-state index >= 15 is 0 Å². The van der Waals surface area contributed by atoms with Crippen LogP contribution in [0.15, 0.2) is 42.6 Å². The molecular weight excluding hydrogens is 327 g/mol. The van der Waals surface area contributed by atoms with E-state index in [0.29, 0.717) is 17.5 Å². The molecule has 2 aliphatic rings. The van der Waals surface area contributed by atoms with Crippen LogP contribution in [0, 0.1) is 23.6 Å². The third-order valence-electron chi connectivity index (χ3n) is 5.60. The van der Waals surface area contributed by atoms with Crippen molar-refractivity contribution in [3.05, 3.63) is 65.2 Å². The van der Waals surface area contributed by atoms with Crippen LogP contribution in [-0.2, 0) is 4.79 Å². The van der Waals surface area contributed by atoms with Gasteiger partial charge in [0.05, 0.1) is 11.6 Å². The van der Waals surface area contributed by atoms with E-state index in [0.717, 1.165) is 24.1 Å². The maximum Gasteiger partial charge on any atom is 0.232 e. The van der Waals surface area contributed by atoms with Crippen molar-refractivity contribution in [3.8, 4) is 11.8 Å². The average molecular weight is 348 g/mol. The second kappa shape index (κ2) is 6.92. The number of nitrogens with zero attached hydrogens (tertiary/aromatic N) is 2. The van der Waals surface area contributed by atoms with Gasteiger partial charge in [0.2, 0.25) is 5.91 Å². The molecule has 4 rings (SSSR count). The first-order chi connectivity index (χ1) is 12.6. The zero-order chi connectivity index (χ0) is 18.1. The van der Waals surface area contributed by atoms with Crippen molar-refractivity contribution < 1.29 is 9.18 Å². The SMILES string of the molecule is CN1C(=O)C(c2ccc(C#Cc3cccc(F)c3)cn2)C2CCCC[C@H]21. The van der Waals surface area contributed by atoms with Gasteiger partial charge in [-0.05, 0) is 49.1 Å². The zero-order valence-corrected chi connectivity index (χ0v) is 14.8. The largest absolute Gasteiger partial charge is 0.342 e. The van der Waals surface area contributed by atoms with Crippen LogP contribution < -0.4 is 0 Å². The van der Waals surface area contributed by atoms with E-state index in [1.54, 1.807) is 18.3 Å². The molecule has 1 amide bonds. The van der Waals surface area contributed by atoms with E-state index in [-0.39, 0.29) is 17.6 Å². The van der Waals surface area contributed by atoms with Crippen molar-refractivity contribution >= 4 is 5.91 Å². The molecule has 2 aromatic rings. The highest BCUT2D eigenvalue weighted by Gasteiger charge is 2.48. The molecule has 4 heteroatoms. The molecule has 3 nitrogen and oxygen atoms in total. The molecule has 2 heterocycles. The topological polar surface area (TPSA) is 33.2 Å². The lowest BCUT2D eigenvalue weighted by Crippen LogP contribution is -2.33. The highest BCUT2D eigenvalue weighted by molar-refractivity contribution is 5.86. The Morgan fingerprint density at radius 1 is 1.12 bits per heavy atom. The molecule has 1 aromatic carbocycles. The summed E-state index contributed by atoms with van der Waals surface area (Å²) in [5.41, 5.74) is 2.23. The Bertz CT molecular complexity index is 881. The number of likely N-dealkylation sites (tertiary alicyclic amines) is 1. The summed E-state index contributed by atoms with van der Waals surface area (Å²) in [5, 5.41) is 0. The minimum absolute atomic E-state index is 0.129. The quantitative estimate of drug-likeness (QED) is 0.736.